The van der Waals surface area contributed by atoms with Crippen molar-refractivity contribution in [2.24, 2.45) is 0 Å². The molecule has 2 fully saturated rings. The molecule has 36 heavy (non-hydrogen) atoms. The molecule has 2 amide bonds. The zero-order valence-corrected chi connectivity index (χ0v) is 20.3. The van der Waals surface area contributed by atoms with E-state index in [2.05, 4.69) is 10.3 Å². The molecule has 0 spiro atoms. The van der Waals surface area contributed by atoms with Crippen LogP contribution in [0.3, 0.4) is 0 Å². The first kappa shape index (κ1) is 24.4. The number of H-pyrrole nitrogens is 1. The monoisotopic (exact) mass is 512 g/mol. The number of hydrogen-bond acceptors (Lipinski definition) is 5. The van der Waals surface area contributed by atoms with Crippen LogP contribution in [0.4, 0.5) is 10.1 Å². The standard InChI is InChI=1S/C26H26ClFN4O4/c27-18-11-16(12-19(28)15-18)1-4-23(33)26(36)5-8-32(25(26)35)20-2-3-21-17(13-20)14-22(30-21)24(34)31-9-6-29-7-10-31/h2-3,11-15,29-30,36H,1,4-10H2/t26-/m0/s1. The zero-order chi connectivity index (χ0) is 25.4. The van der Waals surface area contributed by atoms with Gasteiger partial charge in [-0.15, -0.1) is 0 Å². The Balaban J connectivity index is 1.30. The zero-order valence-electron chi connectivity index (χ0n) is 19.5. The molecule has 0 unspecified atom stereocenters. The summed E-state index contributed by atoms with van der Waals surface area (Å²) < 4.78 is 13.6. The van der Waals surface area contributed by atoms with Crippen LogP contribution in [-0.2, 0) is 16.0 Å². The van der Waals surface area contributed by atoms with Crippen LogP contribution in [0.25, 0.3) is 10.9 Å². The number of aromatic amines is 1. The van der Waals surface area contributed by atoms with E-state index in [0.29, 0.717) is 30.0 Å². The van der Waals surface area contributed by atoms with Crippen LogP contribution < -0.4 is 10.2 Å². The number of nitrogens with zero attached hydrogens (tertiary/aromatic N) is 2. The van der Waals surface area contributed by atoms with Crippen molar-refractivity contribution in [1.82, 2.24) is 15.2 Å². The van der Waals surface area contributed by atoms with Crippen LogP contribution in [0.1, 0.15) is 28.9 Å². The van der Waals surface area contributed by atoms with E-state index < -0.39 is 23.1 Å². The molecule has 5 rings (SSSR count). The van der Waals surface area contributed by atoms with Crippen molar-refractivity contribution >= 4 is 45.8 Å². The molecule has 3 N–H and O–H groups in total. The first-order chi connectivity index (χ1) is 17.2. The van der Waals surface area contributed by atoms with Gasteiger partial charge in [0.15, 0.2) is 5.78 Å². The fraction of sp³-hybridized carbons (Fsp3) is 0.346. The predicted molar refractivity (Wildman–Crippen MR) is 134 cm³/mol. The number of ketones is 1. The van der Waals surface area contributed by atoms with E-state index in [1.165, 1.54) is 17.0 Å². The Morgan fingerprint density at radius 1 is 1.08 bits per heavy atom. The molecule has 0 radical (unpaired) electrons. The Morgan fingerprint density at radius 3 is 2.61 bits per heavy atom. The largest absolute Gasteiger partial charge is 0.373 e. The van der Waals surface area contributed by atoms with E-state index in [1.54, 1.807) is 35.2 Å². The first-order valence-electron chi connectivity index (χ1n) is 11.9. The Bertz CT molecular complexity index is 1330. The van der Waals surface area contributed by atoms with Crippen LogP contribution in [0.2, 0.25) is 5.02 Å². The van der Waals surface area contributed by atoms with Gasteiger partial charge < -0.3 is 25.2 Å². The van der Waals surface area contributed by atoms with E-state index in [0.717, 1.165) is 24.0 Å². The molecule has 10 heteroatoms. The van der Waals surface area contributed by atoms with Gasteiger partial charge in [-0.25, -0.2) is 4.39 Å². The number of anilines is 1. The molecule has 3 aromatic rings. The van der Waals surface area contributed by atoms with Crippen LogP contribution in [0.5, 0.6) is 0 Å². The molecule has 0 bridgehead atoms. The maximum atomic E-state index is 13.6. The molecular formula is C26H26ClFN4O4. The highest BCUT2D eigenvalue weighted by molar-refractivity contribution is 6.30. The lowest BCUT2D eigenvalue weighted by molar-refractivity contribution is -0.147. The minimum atomic E-state index is -2.13. The van der Waals surface area contributed by atoms with Crippen molar-refractivity contribution in [3.63, 3.8) is 0 Å². The fourth-order valence-corrected chi connectivity index (χ4v) is 5.12. The number of benzene rings is 2. The van der Waals surface area contributed by atoms with Crippen molar-refractivity contribution in [1.29, 1.82) is 0 Å². The molecule has 188 valence electrons. The average molecular weight is 513 g/mol. The topological polar surface area (TPSA) is 106 Å². The summed E-state index contributed by atoms with van der Waals surface area (Å²) in [5.74, 6) is -1.88. The first-order valence-corrected chi connectivity index (χ1v) is 12.3. The van der Waals surface area contributed by atoms with Crippen molar-refractivity contribution in [3.8, 4) is 0 Å². The molecule has 3 heterocycles. The number of halogens is 2. The highest BCUT2D eigenvalue weighted by Crippen LogP contribution is 2.32. The number of hydrogen-bond donors (Lipinski definition) is 3. The third kappa shape index (κ3) is 4.61. The molecule has 2 aliphatic heterocycles. The van der Waals surface area contributed by atoms with Crippen molar-refractivity contribution < 1.29 is 23.9 Å². The second-order valence-electron chi connectivity index (χ2n) is 9.26. The van der Waals surface area contributed by atoms with E-state index in [9.17, 15) is 23.9 Å². The number of fused-ring (bicyclic) bond motifs is 1. The Kier molecular flexibility index (Phi) is 6.55. The number of nitrogens with one attached hydrogen (secondary N) is 2. The molecule has 2 aliphatic rings. The maximum absolute atomic E-state index is 13.6. The van der Waals surface area contributed by atoms with Gasteiger partial charge in [-0.2, -0.15) is 0 Å². The predicted octanol–water partition coefficient (Wildman–Crippen LogP) is 2.68. The Hall–Kier alpha value is -3.27. The Labute approximate surface area is 212 Å². The van der Waals surface area contributed by atoms with Crippen molar-refractivity contribution in [3.05, 3.63) is 64.6 Å². The van der Waals surface area contributed by atoms with Crippen molar-refractivity contribution in [2.75, 3.05) is 37.6 Å². The molecule has 1 aromatic heterocycles. The van der Waals surface area contributed by atoms with Crippen LogP contribution in [-0.4, -0.2) is 70.9 Å². The van der Waals surface area contributed by atoms with Gasteiger partial charge in [0.1, 0.15) is 11.5 Å². The quantitative estimate of drug-likeness (QED) is 0.440. The number of aromatic nitrogens is 1. The normalized spacial score (nSPS) is 20.4. The second kappa shape index (κ2) is 9.65. The van der Waals surface area contributed by atoms with Crippen LogP contribution in [0.15, 0.2) is 42.5 Å². The lowest BCUT2D eigenvalue weighted by Gasteiger charge is -2.26. The van der Waals surface area contributed by atoms with Gasteiger partial charge >= 0.3 is 0 Å². The van der Waals surface area contributed by atoms with Gasteiger partial charge in [0.25, 0.3) is 11.8 Å². The van der Waals surface area contributed by atoms with E-state index >= 15 is 0 Å². The number of carbonyl (C=O) groups is 3. The highest BCUT2D eigenvalue weighted by atomic mass is 35.5. The molecular weight excluding hydrogens is 487 g/mol. The SMILES string of the molecule is O=C(c1cc2cc(N3CC[C@](O)(C(=O)CCc4cc(F)cc(Cl)c4)C3=O)ccc2[nH]1)N1CCNCC1. The maximum Gasteiger partial charge on any atom is 0.270 e. The second-order valence-corrected chi connectivity index (χ2v) is 9.70. The number of aryl methyl sites for hydroxylation is 1. The highest BCUT2D eigenvalue weighted by Gasteiger charge is 2.50. The lowest BCUT2D eigenvalue weighted by Crippen LogP contribution is -2.47. The smallest absolute Gasteiger partial charge is 0.270 e. The Morgan fingerprint density at radius 2 is 1.86 bits per heavy atom. The number of carbonyl (C=O) groups excluding carboxylic acids is 3. The summed E-state index contributed by atoms with van der Waals surface area (Å²) in [5.41, 5.74) is 0.148. The van der Waals surface area contributed by atoms with E-state index in [4.69, 9.17) is 11.6 Å². The van der Waals surface area contributed by atoms with Gasteiger partial charge in [-0.3, -0.25) is 14.4 Å². The average Bonchev–Trinajstić information content (AvgIpc) is 3.43. The van der Waals surface area contributed by atoms with Gasteiger partial charge in [0.05, 0.1) is 0 Å². The summed E-state index contributed by atoms with van der Waals surface area (Å²) in [7, 11) is 0. The summed E-state index contributed by atoms with van der Waals surface area (Å²) in [5, 5.41) is 15.2. The summed E-state index contributed by atoms with van der Waals surface area (Å²) in [4.78, 5) is 45.2. The molecule has 0 aliphatic carbocycles. The minimum absolute atomic E-state index is 0.0352. The summed E-state index contributed by atoms with van der Waals surface area (Å²) in [6.45, 7) is 2.96. The molecule has 0 saturated carbocycles. The van der Waals surface area contributed by atoms with Crippen LogP contribution in [0, 0.1) is 5.82 Å². The number of Topliss-reactive ketones (excluding diaryl/α,β-unsaturated/α-hetero) is 1. The molecule has 2 aromatic carbocycles. The summed E-state index contributed by atoms with van der Waals surface area (Å²) in [6, 6.07) is 11.0. The molecule has 1 atom stereocenters. The number of piperazine rings is 1. The van der Waals surface area contributed by atoms with Gasteiger partial charge in [-0.05, 0) is 54.4 Å². The van der Waals surface area contributed by atoms with Crippen molar-refractivity contribution in [2.45, 2.75) is 24.9 Å². The van der Waals surface area contributed by atoms with Gasteiger partial charge in [-0.1, -0.05) is 11.6 Å². The van der Waals surface area contributed by atoms with Crippen LogP contribution >= 0.6 is 11.6 Å². The fourth-order valence-electron chi connectivity index (χ4n) is 4.87. The number of amides is 2. The summed E-state index contributed by atoms with van der Waals surface area (Å²) in [6.07, 6.45) is 0.00176. The number of aliphatic hydroxyl groups is 1. The summed E-state index contributed by atoms with van der Waals surface area (Å²) >= 11 is 5.87. The number of rotatable bonds is 6. The van der Waals surface area contributed by atoms with E-state index in [-0.39, 0.29) is 36.7 Å². The van der Waals surface area contributed by atoms with E-state index in [1.807, 2.05) is 0 Å². The molecule has 2 saturated heterocycles. The third-order valence-electron chi connectivity index (χ3n) is 6.87. The third-order valence-corrected chi connectivity index (χ3v) is 7.09. The molecule has 8 nitrogen and oxygen atoms in total. The lowest BCUT2D eigenvalue weighted by atomic mass is 9.92. The van der Waals surface area contributed by atoms with Gasteiger partial charge in [0.2, 0.25) is 5.60 Å². The minimum Gasteiger partial charge on any atom is -0.373 e. The van der Waals surface area contributed by atoms with Gasteiger partial charge in [0, 0.05) is 67.2 Å².